The average molecular weight is 427 g/mol. The summed E-state index contributed by atoms with van der Waals surface area (Å²) in [5, 5.41) is 6.38. The minimum atomic E-state index is 0.600. The van der Waals surface area contributed by atoms with Crippen LogP contribution in [-0.2, 0) is 6.54 Å². The highest BCUT2D eigenvalue weighted by Gasteiger charge is 2.07. The van der Waals surface area contributed by atoms with Crippen molar-refractivity contribution in [3.05, 3.63) is 90.1 Å². The minimum Gasteiger partial charge on any atom is -0.492 e. The predicted molar refractivity (Wildman–Crippen MR) is 129 cm³/mol. The molecular weight excluding hydrogens is 404 g/mol. The van der Waals surface area contributed by atoms with Gasteiger partial charge in [-0.25, -0.2) is 4.98 Å². The molecule has 2 heterocycles. The first kappa shape index (κ1) is 19.3. The second kappa shape index (κ2) is 8.62. The SMILES string of the molecule is Cc1cccc(OCCn2cc(C=NNc3nc4ccccc4s3)c3ccccc32)c1. The zero-order valence-electron chi connectivity index (χ0n) is 17.2. The number of fused-ring (bicyclic) bond motifs is 2. The van der Waals surface area contributed by atoms with E-state index in [0.717, 1.165) is 44.1 Å². The maximum Gasteiger partial charge on any atom is 0.204 e. The molecule has 0 aliphatic rings. The van der Waals surface area contributed by atoms with E-state index in [-0.39, 0.29) is 0 Å². The van der Waals surface area contributed by atoms with Gasteiger partial charge < -0.3 is 9.30 Å². The van der Waals surface area contributed by atoms with Gasteiger partial charge in [0.15, 0.2) is 0 Å². The molecule has 6 heteroatoms. The molecule has 0 fully saturated rings. The minimum absolute atomic E-state index is 0.600. The normalized spacial score (nSPS) is 11.5. The lowest BCUT2D eigenvalue weighted by Gasteiger charge is -2.08. The zero-order chi connectivity index (χ0) is 21.0. The van der Waals surface area contributed by atoms with Crippen molar-refractivity contribution in [2.45, 2.75) is 13.5 Å². The van der Waals surface area contributed by atoms with E-state index in [1.165, 1.54) is 5.56 Å². The van der Waals surface area contributed by atoms with Gasteiger partial charge in [-0.3, -0.25) is 5.43 Å². The molecule has 5 rings (SSSR count). The van der Waals surface area contributed by atoms with Gasteiger partial charge in [0, 0.05) is 22.7 Å². The van der Waals surface area contributed by atoms with Crippen LogP contribution in [0, 0.1) is 6.92 Å². The second-order valence-electron chi connectivity index (χ2n) is 7.32. The van der Waals surface area contributed by atoms with E-state index in [2.05, 4.69) is 69.6 Å². The lowest BCUT2D eigenvalue weighted by atomic mass is 10.2. The molecule has 31 heavy (non-hydrogen) atoms. The first-order valence-electron chi connectivity index (χ1n) is 10.2. The van der Waals surface area contributed by atoms with Crippen LogP contribution in [0.4, 0.5) is 5.13 Å². The van der Waals surface area contributed by atoms with Gasteiger partial charge in [-0.2, -0.15) is 5.10 Å². The lowest BCUT2D eigenvalue weighted by molar-refractivity contribution is 0.300. The molecule has 5 nitrogen and oxygen atoms in total. The number of nitrogens with zero attached hydrogens (tertiary/aromatic N) is 3. The molecule has 0 atom stereocenters. The van der Waals surface area contributed by atoms with Crippen LogP contribution in [0.25, 0.3) is 21.1 Å². The van der Waals surface area contributed by atoms with Crippen molar-refractivity contribution in [2.75, 3.05) is 12.0 Å². The molecule has 0 saturated carbocycles. The Kier molecular flexibility index (Phi) is 5.37. The Bertz CT molecular complexity index is 1340. The van der Waals surface area contributed by atoms with Crippen molar-refractivity contribution in [3.63, 3.8) is 0 Å². The highest BCUT2D eigenvalue weighted by molar-refractivity contribution is 7.22. The van der Waals surface area contributed by atoms with Crippen LogP contribution in [0.3, 0.4) is 0 Å². The number of rotatable bonds is 7. The number of thiazole rings is 1. The number of aromatic nitrogens is 2. The summed E-state index contributed by atoms with van der Waals surface area (Å²) in [7, 11) is 0. The van der Waals surface area contributed by atoms with E-state index in [0.29, 0.717) is 6.61 Å². The first-order chi connectivity index (χ1) is 15.3. The van der Waals surface area contributed by atoms with Gasteiger partial charge in [-0.15, -0.1) is 0 Å². The maximum atomic E-state index is 5.94. The van der Waals surface area contributed by atoms with E-state index < -0.39 is 0 Å². The van der Waals surface area contributed by atoms with Crippen LogP contribution in [0.15, 0.2) is 84.1 Å². The zero-order valence-corrected chi connectivity index (χ0v) is 18.0. The molecule has 0 radical (unpaired) electrons. The molecule has 1 N–H and O–H groups in total. The van der Waals surface area contributed by atoms with Crippen LogP contribution in [-0.4, -0.2) is 22.4 Å². The van der Waals surface area contributed by atoms with E-state index in [1.54, 1.807) is 11.3 Å². The van der Waals surface area contributed by atoms with E-state index in [1.807, 2.05) is 42.6 Å². The molecule has 0 saturated heterocycles. The van der Waals surface area contributed by atoms with E-state index >= 15 is 0 Å². The van der Waals surface area contributed by atoms with E-state index in [4.69, 9.17) is 4.74 Å². The maximum absolute atomic E-state index is 5.94. The third-order valence-corrected chi connectivity index (χ3v) is 6.01. The third-order valence-electron chi connectivity index (χ3n) is 5.07. The predicted octanol–water partition coefficient (Wildman–Crippen LogP) is 6.08. The Morgan fingerprint density at radius 1 is 1.06 bits per heavy atom. The molecule has 2 aromatic heterocycles. The van der Waals surface area contributed by atoms with Crippen molar-refractivity contribution < 1.29 is 4.74 Å². The summed E-state index contributed by atoms with van der Waals surface area (Å²) in [5.74, 6) is 0.901. The molecule has 154 valence electrons. The van der Waals surface area contributed by atoms with Gasteiger partial charge in [0.05, 0.1) is 23.0 Å². The highest BCUT2D eigenvalue weighted by atomic mass is 32.1. The molecule has 0 unspecified atom stereocenters. The number of hydrazone groups is 1. The summed E-state index contributed by atoms with van der Waals surface area (Å²) >= 11 is 1.59. The van der Waals surface area contributed by atoms with Crippen molar-refractivity contribution in [1.29, 1.82) is 0 Å². The number of benzene rings is 3. The van der Waals surface area contributed by atoms with Gasteiger partial charge in [0.2, 0.25) is 5.13 Å². The van der Waals surface area contributed by atoms with E-state index in [9.17, 15) is 0 Å². The van der Waals surface area contributed by atoms with Gasteiger partial charge in [0.25, 0.3) is 0 Å². The molecule has 5 aromatic rings. The summed E-state index contributed by atoms with van der Waals surface area (Å²) in [6, 6.07) is 24.6. The molecule has 0 aliphatic carbocycles. The molecule has 0 aliphatic heterocycles. The fourth-order valence-electron chi connectivity index (χ4n) is 3.61. The third kappa shape index (κ3) is 4.29. The standard InChI is InChI=1S/C25H22N4OS/c1-18-7-6-8-20(15-18)30-14-13-29-17-19(21-9-2-4-11-23(21)29)16-26-28-25-27-22-10-3-5-12-24(22)31-25/h2-12,15-17H,13-14H2,1H3,(H,27,28). The van der Waals surface area contributed by atoms with Crippen molar-refractivity contribution in [3.8, 4) is 5.75 Å². The average Bonchev–Trinajstić information content (AvgIpc) is 3.35. The van der Waals surface area contributed by atoms with Gasteiger partial charge in [0.1, 0.15) is 12.4 Å². The molecule has 3 aromatic carbocycles. The first-order valence-corrected chi connectivity index (χ1v) is 11.0. The number of para-hydroxylation sites is 2. The van der Waals surface area contributed by atoms with Crippen LogP contribution in [0.1, 0.15) is 11.1 Å². The fourth-order valence-corrected chi connectivity index (χ4v) is 4.42. The van der Waals surface area contributed by atoms with Crippen molar-refractivity contribution in [2.24, 2.45) is 5.10 Å². The highest BCUT2D eigenvalue weighted by Crippen LogP contribution is 2.25. The number of aryl methyl sites for hydroxylation is 1. The van der Waals surface area contributed by atoms with Crippen LogP contribution in [0.5, 0.6) is 5.75 Å². The molecule has 0 bridgehead atoms. The van der Waals surface area contributed by atoms with Crippen molar-refractivity contribution in [1.82, 2.24) is 9.55 Å². The summed E-state index contributed by atoms with van der Waals surface area (Å²) in [5.41, 5.74) is 7.47. The van der Waals surface area contributed by atoms with Crippen LogP contribution in [0.2, 0.25) is 0 Å². The Morgan fingerprint density at radius 2 is 1.94 bits per heavy atom. The number of hydrogen-bond acceptors (Lipinski definition) is 5. The smallest absolute Gasteiger partial charge is 0.204 e. The topological polar surface area (TPSA) is 51.4 Å². The number of ether oxygens (including phenoxy) is 1. The Hall–Kier alpha value is -3.64. The quantitative estimate of drug-likeness (QED) is 0.253. The van der Waals surface area contributed by atoms with Crippen LogP contribution >= 0.6 is 11.3 Å². The molecule has 0 spiro atoms. The number of hydrogen-bond donors (Lipinski definition) is 1. The Labute approximate surface area is 184 Å². The molecule has 0 amide bonds. The largest absolute Gasteiger partial charge is 0.492 e. The van der Waals surface area contributed by atoms with Crippen LogP contribution < -0.4 is 10.2 Å². The number of anilines is 1. The van der Waals surface area contributed by atoms with Gasteiger partial charge in [-0.05, 0) is 42.8 Å². The summed E-state index contributed by atoms with van der Waals surface area (Å²) in [6.45, 7) is 3.43. The van der Waals surface area contributed by atoms with Crippen molar-refractivity contribution >= 4 is 43.8 Å². The second-order valence-corrected chi connectivity index (χ2v) is 8.35. The number of nitrogens with one attached hydrogen (secondary N) is 1. The molecular formula is C25H22N4OS. The Balaban J connectivity index is 1.31. The Morgan fingerprint density at radius 3 is 2.84 bits per heavy atom. The van der Waals surface area contributed by atoms with Gasteiger partial charge in [-0.1, -0.05) is 53.8 Å². The lowest BCUT2D eigenvalue weighted by Crippen LogP contribution is -2.07. The summed E-state index contributed by atoms with van der Waals surface area (Å²) in [4.78, 5) is 4.56. The summed E-state index contributed by atoms with van der Waals surface area (Å²) in [6.07, 6.45) is 3.97. The van der Waals surface area contributed by atoms with Gasteiger partial charge >= 0.3 is 0 Å². The summed E-state index contributed by atoms with van der Waals surface area (Å²) < 4.78 is 9.30. The fraction of sp³-hybridized carbons (Fsp3) is 0.120. The monoisotopic (exact) mass is 426 g/mol.